The number of nitrogens with two attached hydrogens (primary N) is 1. The molecule has 2 aromatic rings. The molecule has 1 fully saturated rings. The molecular formula is C15H25N5O11P2. The Morgan fingerprint density at radius 1 is 1.30 bits per heavy atom. The number of phosphoric ester groups is 1. The molecule has 18 heteroatoms. The van der Waals surface area contributed by atoms with Gasteiger partial charge in [0.05, 0.1) is 19.0 Å². The van der Waals surface area contributed by atoms with Crippen molar-refractivity contribution in [1.29, 1.82) is 0 Å². The van der Waals surface area contributed by atoms with Gasteiger partial charge in [-0.1, -0.05) is 6.92 Å². The van der Waals surface area contributed by atoms with Crippen LogP contribution in [0.15, 0.2) is 11.1 Å². The molecule has 3 heterocycles. The predicted molar refractivity (Wildman–Crippen MR) is 111 cm³/mol. The third-order valence-corrected chi connectivity index (χ3v) is 6.95. The third-order valence-electron chi connectivity index (χ3n) is 4.80. The number of nitrogen functional groups attached to an aromatic ring is 1. The number of anilines is 1. The van der Waals surface area contributed by atoms with E-state index in [-0.39, 0.29) is 30.1 Å². The first-order valence-electron chi connectivity index (χ1n) is 9.79. The Morgan fingerprint density at radius 3 is 2.70 bits per heavy atom. The molecule has 1 aliphatic heterocycles. The third kappa shape index (κ3) is 6.45. The van der Waals surface area contributed by atoms with Crippen molar-refractivity contribution < 1.29 is 47.2 Å². The van der Waals surface area contributed by atoms with Crippen molar-refractivity contribution in [2.45, 2.75) is 38.2 Å². The largest absolute Gasteiger partial charge is 0.481 e. The number of hydrogen-bond acceptors (Lipinski definition) is 11. The molecule has 0 amide bonds. The maximum absolute atomic E-state index is 12.0. The van der Waals surface area contributed by atoms with Crippen LogP contribution in [0.1, 0.15) is 26.0 Å². The minimum Gasteiger partial charge on any atom is -0.388 e. The van der Waals surface area contributed by atoms with Gasteiger partial charge in [-0.25, -0.2) is 14.1 Å². The van der Waals surface area contributed by atoms with Crippen LogP contribution in [0.25, 0.3) is 11.2 Å². The van der Waals surface area contributed by atoms with Gasteiger partial charge < -0.3 is 35.0 Å². The summed E-state index contributed by atoms with van der Waals surface area (Å²) in [5.41, 5.74) is 5.00. The minimum atomic E-state index is -5.30. The number of nitrogens with one attached hydrogen (secondary N) is 1. The topological polar surface area (TPSA) is 242 Å². The number of H-pyrrole nitrogens is 1. The summed E-state index contributed by atoms with van der Waals surface area (Å²) in [4.78, 5) is 49.4. The van der Waals surface area contributed by atoms with Gasteiger partial charge in [-0.15, -0.1) is 0 Å². The van der Waals surface area contributed by atoms with E-state index in [2.05, 4.69) is 19.3 Å². The number of phosphoric acid groups is 2. The predicted octanol–water partition coefficient (Wildman–Crippen LogP) is -0.381. The molecule has 0 aromatic carbocycles. The Hall–Kier alpha value is -1.71. The van der Waals surface area contributed by atoms with E-state index < -0.39 is 52.2 Å². The Bertz CT molecular complexity index is 1120. The first-order valence-corrected chi connectivity index (χ1v) is 12.8. The molecule has 3 rings (SSSR count). The van der Waals surface area contributed by atoms with Gasteiger partial charge in [0.1, 0.15) is 6.10 Å². The smallest absolute Gasteiger partial charge is 0.388 e. The van der Waals surface area contributed by atoms with Crippen LogP contribution in [0.4, 0.5) is 5.95 Å². The lowest BCUT2D eigenvalue weighted by Crippen LogP contribution is -2.30. The van der Waals surface area contributed by atoms with E-state index in [0.717, 1.165) is 6.42 Å². The SMILES string of the molecule is CCCOCC[C@H]1[C@@H](O)[C@H](n2cnc3c(=O)[nH]c(N)nc32)O[C@@H]1COP(=O)(O)OP(=O)(O)O. The molecule has 0 bridgehead atoms. The fraction of sp³-hybridized carbons (Fsp3) is 0.667. The highest BCUT2D eigenvalue weighted by Gasteiger charge is 2.46. The summed E-state index contributed by atoms with van der Waals surface area (Å²) in [5.74, 6) is -0.874. The van der Waals surface area contributed by atoms with Crippen LogP contribution in [-0.4, -0.2) is 71.3 Å². The Kier molecular flexibility index (Phi) is 8.07. The number of fused-ring (bicyclic) bond motifs is 1. The van der Waals surface area contributed by atoms with Crippen molar-refractivity contribution in [3.8, 4) is 0 Å². The maximum Gasteiger partial charge on any atom is 0.481 e. The highest BCUT2D eigenvalue weighted by molar-refractivity contribution is 7.60. The minimum absolute atomic E-state index is 0.0421. The van der Waals surface area contributed by atoms with Gasteiger partial charge in [0.15, 0.2) is 17.4 Å². The summed E-state index contributed by atoms with van der Waals surface area (Å²) < 4.78 is 43.7. The van der Waals surface area contributed by atoms with Gasteiger partial charge in [-0.3, -0.25) is 18.9 Å². The Balaban J connectivity index is 1.83. The maximum atomic E-state index is 12.0. The molecule has 7 N–H and O–H groups in total. The zero-order valence-corrected chi connectivity index (χ0v) is 19.2. The van der Waals surface area contributed by atoms with E-state index in [9.17, 15) is 23.9 Å². The molecule has 33 heavy (non-hydrogen) atoms. The van der Waals surface area contributed by atoms with Crippen molar-refractivity contribution in [3.05, 3.63) is 16.7 Å². The Morgan fingerprint density at radius 2 is 2.03 bits per heavy atom. The summed E-state index contributed by atoms with van der Waals surface area (Å²) in [6.45, 7) is 1.98. The molecule has 0 aliphatic carbocycles. The summed E-state index contributed by atoms with van der Waals surface area (Å²) in [6, 6.07) is 0. The molecule has 0 radical (unpaired) electrons. The van der Waals surface area contributed by atoms with Crippen LogP contribution in [0.3, 0.4) is 0 Å². The van der Waals surface area contributed by atoms with Gasteiger partial charge in [0.25, 0.3) is 5.56 Å². The molecular weight excluding hydrogens is 488 g/mol. The standard InChI is InChI=1S/C15H25N5O11P2/c1-2-4-28-5-3-8-9(6-29-33(26,27)31-32(23,24)25)30-14(11(8)21)20-7-17-10-12(20)18-15(16)19-13(10)22/h7-9,11,14,21H,2-6H2,1H3,(H,26,27)(H2,23,24,25)(H3,16,18,19,22)/t8-,9-,11-,14-/m1/s1. The monoisotopic (exact) mass is 513 g/mol. The number of aromatic nitrogens is 4. The fourth-order valence-corrected chi connectivity index (χ4v) is 5.06. The molecule has 16 nitrogen and oxygen atoms in total. The average Bonchev–Trinajstić information content (AvgIpc) is 3.23. The van der Waals surface area contributed by atoms with E-state index in [0.29, 0.717) is 6.61 Å². The van der Waals surface area contributed by atoms with Gasteiger partial charge in [0, 0.05) is 19.1 Å². The van der Waals surface area contributed by atoms with Gasteiger partial charge >= 0.3 is 15.6 Å². The van der Waals surface area contributed by atoms with E-state index in [1.54, 1.807) is 0 Å². The Labute approximate surface area is 186 Å². The van der Waals surface area contributed by atoms with Crippen LogP contribution in [-0.2, 0) is 27.4 Å². The van der Waals surface area contributed by atoms with E-state index in [1.165, 1.54) is 10.9 Å². The zero-order chi connectivity index (χ0) is 24.4. The lowest BCUT2D eigenvalue weighted by atomic mass is 9.95. The number of aromatic amines is 1. The molecule has 1 unspecified atom stereocenters. The van der Waals surface area contributed by atoms with Crippen molar-refractivity contribution in [2.75, 3.05) is 25.6 Å². The number of nitrogens with zero attached hydrogens (tertiary/aromatic N) is 3. The second kappa shape index (κ2) is 10.3. The van der Waals surface area contributed by atoms with Gasteiger partial charge in [0.2, 0.25) is 5.95 Å². The first kappa shape index (κ1) is 25.9. The summed E-state index contributed by atoms with van der Waals surface area (Å²) in [6.07, 6.45) is -1.12. The van der Waals surface area contributed by atoms with Crippen LogP contribution >= 0.6 is 15.6 Å². The van der Waals surface area contributed by atoms with Crippen LogP contribution in [0.2, 0.25) is 0 Å². The highest BCUT2D eigenvalue weighted by atomic mass is 31.3. The van der Waals surface area contributed by atoms with Gasteiger partial charge in [-0.05, 0) is 12.8 Å². The molecule has 2 aromatic heterocycles. The van der Waals surface area contributed by atoms with Crippen LogP contribution in [0.5, 0.6) is 0 Å². The molecule has 0 spiro atoms. The molecule has 1 saturated heterocycles. The van der Waals surface area contributed by atoms with Crippen molar-refractivity contribution in [3.63, 3.8) is 0 Å². The molecule has 5 atom stereocenters. The van der Waals surface area contributed by atoms with Crippen molar-refractivity contribution in [2.24, 2.45) is 5.92 Å². The second-order valence-corrected chi connectivity index (χ2v) is 10.1. The normalized spacial score (nSPS) is 25.5. The summed E-state index contributed by atoms with van der Waals surface area (Å²) in [5, 5.41) is 10.9. The van der Waals surface area contributed by atoms with Crippen molar-refractivity contribution >= 4 is 32.8 Å². The average molecular weight is 513 g/mol. The summed E-state index contributed by atoms with van der Waals surface area (Å²) in [7, 11) is -10.4. The molecule has 186 valence electrons. The van der Waals surface area contributed by atoms with Gasteiger partial charge in [-0.2, -0.15) is 9.29 Å². The number of hydrogen-bond donors (Lipinski definition) is 6. The first-order chi connectivity index (χ1) is 15.4. The lowest BCUT2D eigenvalue weighted by molar-refractivity contribution is -0.0488. The number of rotatable bonds is 11. The van der Waals surface area contributed by atoms with Crippen molar-refractivity contribution in [1.82, 2.24) is 19.5 Å². The lowest BCUT2D eigenvalue weighted by Gasteiger charge is -2.21. The zero-order valence-electron chi connectivity index (χ0n) is 17.4. The number of aliphatic hydroxyl groups excluding tert-OH is 1. The highest BCUT2D eigenvalue weighted by Crippen LogP contribution is 2.58. The number of imidazole rings is 1. The fourth-order valence-electron chi connectivity index (χ4n) is 3.46. The molecule has 0 saturated carbocycles. The van der Waals surface area contributed by atoms with Crippen LogP contribution < -0.4 is 11.3 Å². The van der Waals surface area contributed by atoms with Crippen LogP contribution in [0, 0.1) is 5.92 Å². The summed E-state index contributed by atoms with van der Waals surface area (Å²) >= 11 is 0. The van der Waals surface area contributed by atoms with E-state index in [1.807, 2.05) is 6.92 Å². The quantitative estimate of drug-likeness (QED) is 0.166. The van der Waals surface area contributed by atoms with E-state index in [4.69, 9.17) is 29.5 Å². The van der Waals surface area contributed by atoms with E-state index >= 15 is 0 Å². The molecule has 1 aliphatic rings. The second-order valence-electron chi connectivity index (χ2n) is 7.23. The number of ether oxygens (including phenoxy) is 2. The number of aliphatic hydroxyl groups is 1.